The molecular weight excluding hydrogens is 356 g/mol. The van der Waals surface area contributed by atoms with E-state index in [1.54, 1.807) is 37.5 Å². The number of likely N-dealkylation sites (N-methyl/N-ethyl adjacent to an activating group) is 1. The van der Waals surface area contributed by atoms with Crippen molar-refractivity contribution in [3.8, 4) is 0 Å². The van der Waals surface area contributed by atoms with Gasteiger partial charge in [0.25, 0.3) is 5.91 Å². The number of carbonyl (C=O) groups excluding carboxylic acids is 3. The number of likely N-dealkylation sites (tertiary alicyclic amines) is 1. The smallest absolute Gasteiger partial charge is 0.349 e. The van der Waals surface area contributed by atoms with Crippen LogP contribution in [0, 0.1) is 0 Å². The highest BCUT2D eigenvalue weighted by Gasteiger charge is 2.42. The van der Waals surface area contributed by atoms with Gasteiger partial charge in [-0.2, -0.15) is 9.69 Å². The summed E-state index contributed by atoms with van der Waals surface area (Å²) in [6, 6.07) is 6.09. The number of rotatable bonds is 3. The molecule has 2 aliphatic rings. The lowest BCUT2D eigenvalue weighted by molar-refractivity contribution is -0.401. The second-order valence-corrected chi connectivity index (χ2v) is 7.11. The number of nitrogens with one attached hydrogen (secondary N) is 1. The van der Waals surface area contributed by atoms with Crippen LogP contribution in [0.5, 0.6) is 0 Å². The third-order valence-electron chi connectivity index (χ3n) is 4.90. The van der Waals surface area contributed by atoms with E-state index in [1.165, 1.54) is 11.6 Å². The van der Waals surface area contributed by atoms with Crippen LogP contribution < -0.4 is 5.32 Å². The molecule has 1 saturated heterocycles. The maximum atomic E-state index is 12.4. The van der Waals surface area contributed by atoms with Crippen LogP contribution >= 0.6 is 11.6 Å². The highest BCUT2D eigenvalue weighted by atomic mass is 35.5. The van der Waals surface area contributed by atoms with E-state index in [9.17, 15) is 14.4 Å². The summed E-state index contributed by atoms with van der Waals surface area (Å²) in [6.45, 7) is 1.35. The minimum absolute atomic E-state index is 0.0604. The number of hydrogen-bond donors (Lipinski definition) is 1. The molecule has 26 heavy (non-hydrogen) atoms. The van der Waals surface area contributed by atoms with Crippen molar-refractivity contribution in [3.63, 3.8) is 0 Å². The minimum Gasteiger partial charge on any atom is -0.349 e. The van der Waals surface area contributed by atoms with E-state index in [0.717, 1.165) is 17.7 Å². The van der Waals surface area contributed by atoms with Gasteiger partial charge >= 0.3 is 11.9 Å². The molecule has 7 nitrogen and oxygen atoms in total. The number of piperidine rings is 1. The molecule has 1 unspecified atom stereocenters. The second-order valence-electron chi connectivity index (χ2n) is 6.68. The van der Waals surface area contributed by atoms with Gasteiger partial charge in [-0.3, -0.25) is 9.69 Å². The number of halogens is 1. The van der Waals surface area contributed by atoms with Crippen LogP contribution in [0.2, 0.25) is 5.02 Å². The van der Waals surface area contributed by atoms with Gasteiger partial charge in [-0.1, -0.05) is 11.6 Å². The molecule has 0 radical (unpaired) electrons. The van der Waals surface area contributed by atoms with Crippen molar-refractivity contribution in [1.82, 2.24) is 15.1 Å². The Kier molecular flexibility index (Phi) is 5.38. The van der Waals surface area contributed by atoms with Gasteiger partial charge in [0, 0.05) is 29.7 Å². The van der Waals surface area contributed by atoms with Gasteiger partial charge in [0.2, 0.25) is 0 Å². The number of nitrogens with zero attached hydrogens (tertiary/aromatic N) is 3. The molecule has 0 saturated carbocycles. The summed E-state index contributed by atoms with van der Waals surface area (Å²) in [6.07, 6.45) is 3.16. The lowest BCUT2D eigenvalue weighted by Gasteiger charge is -2.36. The first-order valence-electron chi connectivity index (χ1n) is 8.56. The Morgan fingerprint density at radius 1 is 1.19 bits per heavy atom. The maximum Gasteiger partial charge on any atom is 0.500 e. The first kappa shape index (κ1) is 18.5. The van der Waals surface area contributed by atoms with Crippen molar-refractivity contribution in [2.75, 3.05) is 27.2 Å². The molecule has 1 N–H and O–H groups in total. The van der Waals surface area contributed by atoms with Gasteiger partial charge in [-0.15, -0.1) is 0 Å². The van der Waals surface area contributed by atoms with E-state index in [2.05, 4.69) is 5.32 Å². The molecule has 0 spiro atoms. The van der Waals surface area contributed by atoms with Crippen LogP contribution in [0.3, 0.4) is 0 Å². The molecule has 1 fully saturated rings. The molecule has 0 bridgehead atoms. The number of imide groups is 1. The Hall–Kier alpha value is -2.25. The van der Waals surface area contributed by atoms with E-state index in [4.69, 9.17) is 11.6 Å². The average molecular weight is 378 g/mol. The first-order valence-corrected chi connectivity index (χ1v) is 8.94. The summed E-state index contributed by atoms with van der Waals surface area (Å²) in [5.41, 5.74) is 0.578. The largest absolute Gasteiger partial charge is 0.500 e. The molecule has 4 amide bonds. The average Bonchev–Trinajstić information content (AvgIpc) is 2.64. The van der Waals surface area contributed by atoms with E-state index >= 15 is 0 Å². The first-order chi connectivity index (χ1) is 12.4. The van der Waals surface area contributed by atoms with Crippen LogP contribution in [0.25, 0.3) is 0 Å². The van der Waals surface area contributed by atoms with Gasteiger partial charge in [0.1, 0.15) is 6.21 Å². The summed E-state index contributed by atoms with van der Waals surface area (Å²) in [5.74, 6) is -0.331. The summed E-state index contributed by atoms with van der Waals surface area (Å²) >= 11 is 5.84. The molecule has 2 aliphatic heterocycles. The van der Waals surface area contributed by atoms with E-state index in [-0.39, 0.29) is 23.9 Å². The summed E-state index contributed by atoms with van der Waals surface area (Å²) in [4.78, 5) is 39.7. The van der Waals surface area contributed by atoms with E-state index < -0.39 is 6.04 Å². The molecule has 1 atom stereocenters. The Labute approximate surface area is 157 Å². The molecule has 8 heteroatoms. The van der Waals surface area contributed by atoms with Gasteiger partial charge in [0.15, 0.2) is 6.04 Å². The fraction of sp³-hybridized carbons (Fsp3) is 0.444. The molecule has 138 valence electrons. The van der Waals surface area contributed by atoms with Crippen LogP contribution in [-0.4, -0.2) is 77.7 Å². The van der Waals surface area contributed by atoms with Crippen LogP contribution in [0.1, 0.15) is 23.2 Å². The number of amides is 4. The molecule has 0 aromatic heterocycles. The standard InChI is InChI=1S/C18H21ClN4O3/c1-21-11-15(17(25)22(2)18(21)26)23-9-7-14(8-10-23)20-16(24)12-3-5-13(19)6-4-12/h3-6,11,14-15H,7-10H2,1-2H3/p+1. The quantitative estimate of drug-likeness (QED) is 0.803. The highest BCUT2D eigenvalue weighted by molar-refractivity contribution is 6.30. The lowest BCUT2D eigenvalue weighted by atomic mass is 10.0. The summed E-state index contributed by atoms with van der Waals surface area (Å²) in [5, 5.41) is 3.63. The molecular formula is C18H22ClN4O3+. The molecule has 3 rings (SSSR count). The Morgan fingerprint density at radius 3 is 2.42 bits per heavy atom. The number of hydrogen-bond acceptors (Lipinski definition) is 4. The van der Waals surface area contributed by atoms with Crippen molar-refractivity contribution >= 4 is 35.7 Å². The predicted molar refractivity (Wildman–Crippen MR) is 97.7 cm³/mol. The molecule has 2 heterocycles. The van der Waals surface area contributed by atoms with Crippen LogP contribution in [0.15, 0.2) is 24.3 Å². The summed E-state index contributed by atoms with van der Waals surface area (Å²) in [7, 11) is 3.15. The van der Waals surface area contributed by atoms with Gasteiger partial charge in [-0.05, 0) is 37.1 Å². The number of urea groups is 1. The zero-order valence-corrected chi connectivity index (χ0v) is 15.6. The molecule has 1 aromatic carbocycles. The van der Waals surface area contributed by atoms with Crippen molar-refractivity contribution in [2.24, 2.45) is 0 Å². The van der Waals surface area contributed by atoms with Crippen molar-refractivity contribution < 1.29 is 19.0 Å². The Balaban J connectivity index is 1.57. The molecule has 0 aliphatic carbocycles. The monoisotopic (exact) mass is 377 g/mol. The van der Waals surface area contributed by atoms with Crippen LogP contribution in [-0.2, 0) is 4.79 Å². The maximum absolute atomic E-state index is 12.4. The van der Waals surface area contributed by atoms with Crippen molar-refractivity contribution in [1.29, 1.82) is 0 Å². The highest BCUT2D eigenvalue weighted by Crippen LogP contribution is 2.17. The zero-order valence-electron chi connectivity index (χ0n) is 14.8. The predicted octanol–water partition coefficient (Wildman–Crippen LogP) is 1.21. The lowest BCUT2D eigenvalue weighted by Crippen LogP contribution is -2.59. The topological polar surface area (TPSA) is 72.7 Å². The second kappa shape index (κ2) is 7.55. The van der Waals surface area contributed by atoms with Gasteiger partial charge < -0.3 is 5.32 Å². The SMILES string of the molecule is CN1C(=O)C(N2CCC(NC(=O)c3ccc(Cl)cc3)CC2)C=[N+](C)C1=O. The number of carbonyl (C=O) groups is 3. The zero-order chi connectivity index (χ0) is 18.8. The van der Waals surface area contributed by atoms with Gasteiger partial charge in [0.05, 0.1) is 14.1 Å². The minimum atomic E-state index is -0.435. The van der Waals surface area contributed by atoms with E-state index in [1.807, 2.05) is 4.90 Å². The Morgan fingerprint density at radius 2 is 1.81 bits per heavy atom. The van der Waals surface area contributed by atoms with E-state index in [0.29, 0.717) is 23.7 Å². The third kappa shape index (κ3) is 3.78. The summed E-state index contributed by atoms with van der Waals surface area (Å²) < 4.78 is 1.44. The Bertz CT molecular complexity index is 754. The third-order valence-corrected chi connectivity index (χ3v) is 5.15. The van der Waals surface area contributed by atoms with Gasteiger partial charge in [-0.25, -0.2) is 9.37 Å². The fourth-order valence-corrected chi connectivity index (χ4v) is 3.44. The van der Waals surface area contributed by atoms with Crippen molar-refractivity contribution in [2.45, 2.75) is 24.9 Å². The fourth-order valence-electron chi connectivity index (χ4n) is 3.31. The molecule has 1 aromatic rings. The normalized spacial score (nSPS) is 22.3. The van der Waals surface area contributed by atoms with Crippen LogP contribution in [0.4, 0.5) is 4.79 Å². The van der Waals surface area contributed by atoms with Crippen molar-refractivity contribution in [3.05, 3.63) is 34.9 Å². The number of benzene rings is 1.